The van der Waals surface area contributed by atoms with Crippen molar-refractivity contribution in [1.29, 1.82) is 5.26 Å². The van der Waals surface area contributed by atoms with E-state index >= 15 is 0 Å². The molecule has 0 N–H and O–H groups in total. The lowest BCUT2D eigenvalue weighted by molar-refractivity contribution is 0.904. The van der Waals surface area contributed by atoms with Gasteiger partial charge in [0.1, 0.15) is 0 Å². The molecule has 0 aliphatic rings. The van der Waals surface area contributed by atoms with Crippen molar-refractivity contribution >= 4 is 21.6 Å². The molecular formula is C12H15BrN2. The molecule has 0 atom stereocenters. The minimum atomic E-state index is 0.565. The maximum Gasteiger partial charge on any atom is 0.0640 e. The molecule has 0 spiro atoms. The third-order valence-corrected chi connectivity index (χ3v) is 3.07. The number of hydrogen-bond donors (Lipinski definition) is 0. The lowest BCUT2D eigenvalue weighted by Crippen LogP contribution is -2.18. The monoisotopic (exact) mass is 266 g/mol. The fourth-order valence-electron chi connectivity index (χ4n) is 1.41. The van der Waals surface area contributed by atoms with Gasteiger partial charge in [-0.25, -0.2) is 0 Å². The summed E-state index contributed by atoms with van der Waals surface area (Å²) in [6.07, 6.45) is 0.565. The molecule has 3 heteroatoms. The van der Waals surface area contributed by atoms with E-state index in [2.05, 4.69) is 52.0 Å². The van der Waals surface area contributed by atoms with Gasteiger partial charge in [-0.05, 0) is 30.2 Å². The van der Waals surface area contributed by atoms with E-state index < -0.39 is 0 Å². The summed E-state index contributed by atoms with van der Waals surface area (Å²) < 4.78 is 0. The van der Waals surface area contributed by atoms with Crippen LogP contribution in [0.3, 0.4) is 0 Å². The molecule has 1 rings (SSSR count). The van der Waals surface area contributed by atoms with Crippen LogP contribution in [0.1, 0.15) is 17.5 Å². The Hall–Kier alpha value is -1.01. The third kappa shape index (κ3) is 3.24. The van der Waals surface area contributed by atoms with Crippen molar-refractivity contribution in [1.82, 2.24) is 0 Å². The minimum absolute atomic E-state index is 0.565. The Morgan fingerprint density at radius 3 is 2.73 bits per heavy atom. The molecule has 0 saturated heterocycles. The molecule has 0 heterocycles. The summed E-state index contributed by atoms with van der Waals surface area (Å²) in [5, 5.41) is 9.41. The van der Waals surface area contributed by atoms with Crippen LogP contribution in [0.25, 0.3) is 0 Å². The summed E-state index contributed by atoms with van der Waals surface area (Å²) in [7, 11) is 2.01. The van der Waals surface area contributed by atoms with Crippen molar-refractivity contribution in [3.05, 3.63) is 29.3 Å². The van der Waals surface area contributed by atoms with Crippen molar-refractivity contribution in [2.45, 2.75) is 18.7 Å². The smallest absolute Gasteiger partial charge is 0.0640 e. The quantitative estimate of drug-likeness (QED) is 0.783. The number of halogens is 1. The van der Waals surface area contributed by atoms with Gasteiger partial charge in [0.2, 0.25) is 0 Å². The molecule has 1 aromatic carbocycles. The lowest BCUT2D eigenvalue weighted by atomic mass is 10.1. The van der Waals surface area contributed by atoms with E-state index in [-0.39, 0.29) is 0 Å². The second kappa shape index (κ2) is 5.77. The van der Waals surface area contributed by atoms with Crippen LogP contribution < -0.4 is 4.90 Å². The Morgan fingerprint density at radius 2 is 2.20 bits per heavy atom. The number of nitriles is 1. The normalized spacial score (nSPS) is 9.73. The number of hydrogen-bond acceptors (Lipinski definition) is 2. The largest absolute Gasteiger partial charge is 0.374 e. The zero-order valence-corrected chi connectivity index (χ0v) is 10.7. The van der Waals surface area contributed by atoms with Crippen molar-refractivity contribution in [3.63, 3.8) is 0 Å². The first-order chi connectivity index (χ1) is 7.19. The second-order valence-corrected chi connectivity index (χ2v) is 4.13. The van der Waals surface area contributed by atoms with Gasteiger partial charge in [-0.2, -0.15) is 5.26 Å². The fourth-order valence-corrected chi connectivity index (χ4v) is 2.04. The second-order valence-electron chi connectivity index (χ2n) is 3.57. The molecule has 0 unspecified atom stereocenters. The first-order valence-corrected chi connectivity index (χ1v) is 6.04. The molecule has 0 bridgehead atoms. The SMILES string of the molecule is Cc1cc(N(C)CCC#N)ccc1CBr. The maximum absolute atomic E-state index is 8.52. The zero-order chi connectivity index (χ0) is 11.3. The maximum atomic E-state index is 8.52. The van der Waals surface area contributed by atoms with Gasteiger partial charge in [-0.15, -0.1) is 0 Å². The Labute approximate surface area is 99.6 Å². The molecule has 80 valence electrons. The van der Waals surface area contributed by atoms with Crippen LogP contribution >= 0.6 is 15.9 Å². The van der Waals surface area contributed by atoms with Crippen LogP contribution in [0, 0.1) is 18.3 Å². The van der Waals surface area contributed by atoms with Crippen molar-refractivity contribution in [2.75, 3.05) is 18.5 Å². The van der Waals surface area contributed by atoms with E-state index in [4.69, 9.17) is 5.26 Å². The summed E-state index contributed by atoms with van der Waals surface area (Å²) >= 11 is 3.46. The first kappa shape index (κ1) is 12.1. The van der Waals surface area contributed by atoms with E-state index in [0.717, 1.165) is 11.9 Å². The molecule has 0 radical (unpaired) electrons. The summed E-state index contributed by atoms with van der Waals surface area (Å²) in [6.45, 7) is 2.89. The summed E-state index contributed by atoms with van der Waals surface area (Å²) in [5.74, 6) is 0. The van der Waals surface area contributed by atoms with E-state index in [0.29, 0.717) is 6.42 Å². The summed E-state index contributed by atoms with van der Waals surface area (Å²) in [4.78, 5) is 2.11. The average Bonchev–Trinajstić information content (AvgIpc) is 2.25. The van der Waals surface area contributed by atoms with Crippen molar-refractivity contribution < 1.29 is 0 Å². The van der Waals surface area contributed by atoms with Gasteiger partial charge in [0.25, 0.3) is 0 Å². The molecule has 0 aromatic heterocycles. The van der Waals surface area contributed by atoms with Gasteiger partial charge in [0.15, 0.2) is 0 Å². The molecule has 2 nitrogen and oxygen atoms in total. The Kier molecular flexibility index (Phi) is 4.64. The van der Waals surface area contributed by atoms with Crippen LogP contribution in [0.5, 0.6) is 0 Å². The lowest BCUT2D eigenvalue weighted by Gasteiger charge is -2.19. The predicted molar refractivity (Wildman–Crippen MR) is 67.3 cm³/mol. The van der Waals surface area contributed by atoms with Crippen LogP contribution in [-0.2, 0) is 5.33 Å². The number of rotatable bonds is 4. The van der Waals surface area contributed by atoms with Crippen molar-refractivity contribution in [3.8, 4) is 6.07 Å². The molecule has 0 fully saturated rings. The summed E-state index contributed by atoms with van der Waals surface area (Å²) in [6, 6.07) is 8.54. The van der Waals surface area contributed by atoms with Gasteiger partial charge < -0.3 is 4.90 Å². The number of aryl methyl sites for hydroxylation is 1. The van der Waals surface area contributed by atoms with Gasteiger partial charge in [-0.1, -0.05) is 22.0 Å². The number of benzene rings is 1. The van der Waals surface area contributed by atoms with Gasteiger partial charge in [0.05, 0.1) is 12.5 Å². The molecule has 0 aliphatic heterocycles. The fraction of sp³-hybridized carbons (Fsp3) is 0.417. The Morgan fingerprint density at radius 1 is 1.47 bits per heavy atom. The highest BCUT2D eigenvalue weighted by molar-refractivity contribution is 9.08. The van der Waals surface area contributed by atoms with Gasteiger partial charge >= 0.3 is 0 Å². The summed E-state index contributed by atoms with van der Waals surface area (Å²) in [5.41, 5.74) is 3.77. The van der Waals surface area contributed by atoms with Crippen LogP contribution in [-0.4, -0.2) is 13.6 Å². The van der Waals surface area contributed by atoms with E-state index in [1.54, 1.807) is 0 Å². The molecule has 15 heavy (non-hydrogen) atoms. The van der Waals surface area contributed by atoms with Crippen LogP contribution in [0.4, 0.5) is 5.69 Å². The molecule has 0 amide bonds. The van der Waals surface area contributed by atoms with E-state index in [1.165, 1.54) is 16.8 Å². The van der Waals surface area contributed by atoms with Gasteiger partial charge in [0, 0.05) is 24.6 Å². The van der Waals surface area contributed by atoms with Crippen molar-refractivity contribution in [2.24, 2.45) is 0 Å². The number of alkyl halides is 1. The highest BCUT2D eigenvalue weighted by Crippen LogP contribution is 2.19. The molecule has 0 aliphatic carbocycles. The molecular weight excluding hydrogens is 252 g/mol. The van der Waals surface area contributed by atoms with E-state index in [9.17, 15) is 0 Å². The number of nitrogens with zero attached hydrogens (tertiary/aromatic N) is 2. The van der Waals surface area contributed by atoms with Crippen LogP contribution in [0.2, 0.25) is 0 Å². The molecule has 0 saturated carbocycles. The average molecular weight is 267 g/mol. The third-order valence-electron chi connectivity index (χ3n) is 2.47. The van der Waals surface area contributed by atoms with Gasteiger partial charge in [-0.3, -0.25) is 0 Å². The zero-order valence-electron chi connectivity index (χ0n) is 9.13. The standard InChI is InChI=1S/C12H15BrN2/c1-10-8-12(5-4-11(10)9-13)15(2)7-3-6-14/h4-5,8H,3,7,9H2,1-2H3. The highest BCUT2D eigenvalue weighted by atomic mass is 79.9. The first-order valence-electron chi connectivity index (χ1n) is 4.92. The number of anilines is 1. The highest BCUT2D eigenvalue weighted by Gasteiger charge is 2.02. The van der Waals surface area contributed by atoms with E-state index in [1.807, 2.05) is 7.05 Å². The topological polar surface area (TPSA) is 27.0 Å². The predicted octanol–water partition coefficient (Wildman–Crippen LogP) is 3.24. The minimum Gasteiger partial charge on any atom is -0.374 e. The van der Waals surface area contributed by atoms with Crippen LogP contribution in [0.15, 0.2) is 18.2 Å². The molecule has 1 aromatic rings. The Balaban J connectivity index is 2.79. The Bertz CT molecular complexity index is 368.